The van der Waals surface area contributed by atoms with E-state index in [9.17, 15) is 34.9 Å². The van der Waals surface area contributed by atoms with Crippen LogP contribution in [0.2, 0.25) is 0 Å². The summed E-state index contributed by atoms with van der Waals surface area (Å²) in [4.78, 5) is 46.1. The van der Waals surface area contributed by atoms with Crippen LogP contribution in [0.15, 0.2) is 54.1 Å². The van der Waals surface area contributed by atoms with Crippen molar-refractivity contribution in [2.75, 3.05) is 6.54 Å². The van der Waals surface area contributed by atoms with Crippen molar-refractivity contribution < 1.29 is 24.5 Å². The van der Waals surface area contributed by atoms with Crippen LogP contribution in [0.25, 0.3) is 5.76 Å². The Labute approximate surface area is 151 Å². The highest BCUT2D eigenvalue weighted by Crippen LogP contribution is 2.39. The van der Waals surface area contributed by atoms with Crippen molar-refractivity contribution in [1.29, 1.82) is 0 Å². The molecule has 1 atom stereocenters. The van der Waals surface area contributed by atoms with Crippen molar-refractivity contribution in [2.24, 2.45) is 0 Å². The third-order valence-electron chi connectivity index (χ3n) is 4.32. The molecule has 0 amide bonds. The zero-order valence-electron chi connectivity index (χ0n) is 13.7. The Morgan fingerprint density at radius 2 is 1.48 bits per heavy atom. The summed E-state index contributed by atoms with van der Waals surface area (Å²) >= 11 is 0. The lowest BCUT2D eigenvalue weighted by molar-refractivity contribution is -0.482. The summed E-state index contributed by atoms with van der Waals surface area (Å²) in [5.74, 6) is -4.08. The molecule has 27 heavy (non-hydrogen) atoms. The Morgan fingerprint density at radius 3 is 2.11 bits per heavy atom. The van der Waals surface area contributed by atoms with E-state index >= 15 is 0 Å². The van der Waals surface area contributed by atoms with Gasteiger partial charge in [0.15, 0.2) is 0 Å². The van der Waals surface area contributed by atoms with Gasteiger partial charge in [-0.1, -0.05) is 42.5 Å². The molecule has 9 heteroatoms. The Balaban J connectivity index is 2.28. The van der Waals surface area contributed by atoms with E-state index in [-0.39, 0.29) is 16.7 Å². The number of nitro groups is 2. The van der Waals surface area contributed by atoms with Crippen LogP contribution in [0.4, 0.5) is 5.69 Å². The van der Waals surface area contributed by atoms with Crippen LogP contribution < -0.4 is 0 Å². The summed E-state index contributed by atoms with van der Waals surface area (Å²) in [6.07, 6.45) is 0. The SMILES string of the molecule is O=C1C(=O)c2ccccc2C(O)=C1C(C[N+](=O)[O-])c1ccccc1[N+](=O)[O-]. The molecular weight excluding hydrogens is 356 g/mol. The van der Waals surface area contributed by atoms with Gasteiger partial charge >= 0.3 is 0 Å². The van der Waals surface area contributed by atoms with Gasteiger partial charge in [-0.25, -0.2) is 0 Å². The van der Waals surface area contributed by atoms with Gasteiger partial charge in [-0.3, -0.25) is 29.8 Å². The molecule has 0 spiro atoms. The molecule has 2 aromatic rings. The smallest absolute Gasteiger partial charge is 0.273 e. The molecule has 0 bridgehead atoms. The number of para-hydroxylation sites is 1. The minimum Gasteiger partial charge on any atom is -0.507 e. The number of nitrogens with zero attached hydrogens (tertiary/aromatic N) is 2. The molecule has 1 aliphatic rings. The Hall–Kier alpha value is -3.88. The van der Waals surface area contributed by atoms with Gasteiger partial charge in [-0.2, -0.15) is 0 Å². The van der Waals surface area contributed by atoms with Crippen LogP contribution in [0.5, 0.6) is 0 Å². The summed E-state index contributed by atoms with van der Waals surface area (Å²) < 4.78 is 0. The first-order valence-corrected chi connectivity index (χ1v) is 7.79. The van der Waals surface area contributed by atoms with Crippen LogP contribution >= 0.6 is 0 Å². The minimum absolute atomic E-state index is 0.0221. The maximum atomic E-state index is 12.6. The molecule has 1 aliphatic carbocycles. The van der Waals surface area contributed by atoms with Crippen molar-refractivity contribution >= 4 is 23.0 Å². The second kappa shape index (κ2) is 6.79. The van der Waals surface area contributed by atoms with Gasteiger partial charge in [0, 0.05) is 27.7 Å². The van der Waals surface area contributed by atoms with E-state index in [1.165, 1.54) is 42.5 Å². The van der Waals surface area contributed by atoms with Crippen LogP contribution in [0, 0.1) is 20.2 Å². The highest BCUT2D eigenvalue weighted by Gasteiger charge is 2.41. The van der Waals surface area contributed by atoms with Gasteiger partial charge in [-0.05, 0) is 0 Å². The van der Waals surface area contributed by atoms with E-state index in [0.717, 1.165) is 6.07 Å². The number of hydrogen-bond donors (Lipinski definition) is 1. The number of rotatable bonds is 5. The molecule has 136 valence electrons. The topological polar surface area (TPSA) is 141 Å². The van der Waals surface area contributed by atoms with Crippen LogP contribution in [0.3, 0.4) is 0 Å². The molecule has 0 heterocycles. The molecule has 3 rings (SSSR count). The number of ketones is 2. The molecule has 0 aromatic heterocycles. The summed E-state index contributed by atoms with van der Waals surface area (Å²) in [5, 5.41) is 33.1. The summed E-state index contributed by atoms with van der Waals surface area (Å²) in [6, 6.07) is 11.0. The second-order valence-electron chi connectivity index (χ2n) is 5.85. The maximum absolute atomic E-state index is 12.6. The fourth-order valence-corrected chi connectivity index (χ4v) is 3.15. The number of aliphatic hydroxyl groups excluding tert-OH is 1. The third kappa shape index (κ3) is 3.06. The Bertz CT molecular complexity index is 1030. The molecule has 1 unspecified atom stereocenters. The third-order valence-corrected chi connectivity index (χ3v) is 4.32. The molecule has 2 aromatic carbocycles. The van der Waals surface area contributed by atoms with E-state index in [1.807, 2.05) is 0 Å². The highest BCUT2D eigenvalue weighted by molar-refractivity contribution is 6.52. The predicted molar refractivity (Wildman–Crippen MR) is 93.0 cm³/mol. The van der Waals surface area contributed by atoms with E-state index in [0.29, 0.717) is 0 Å². The van der Waals surface area contributed by atoms with E-state index in [2.05, 4.69) is 0 Å². The molecule has 0 radical (unpaired) electrons. The fraction of sp³-hybridized carbons (Fsp3) is 0.111. The largest absolute Gasteiger partial charge is 0.507 e. The highest BCUT2D eigenvalue weighted by atomic mass is 16.6. The van der Waals surface area contributed by atoms with E-state index < -0.39 is 50.9 Å². The lowest BCUT2D eigenvalue weighted by Crippen LogP contribution is -2.30. The van der Waals surface area contributed by atoms with Gasteiger partial charge in [0.25, 0.3) is 5.69 Å². The van der Waals surface area contributed by atoms with Crippen molar-refractivity contribution in [3.8, 4) is 0 Å². The molecular formula is C18H12N2O7. The lowest BCUT2D eigenvalue weighted by atomic mass is 9.79. The Kier molecular flexibility index (Phi) is 4.51. The van der Waals surface area contributed by atoms with Crippen molar-refractivity contribution in [1.82, 2.24) is 0 Å². The summed E-state index contributed by atoms with van der Waals surface area (Å²) in [6.45, 7) is -0.897. The molecule has 9 nitrogen and oxygen atoms in total. The number of carbonyl (C=O) groups excluding carboxylic acids is 2. The average Bonchev–Trinajstić information content (AvgIpc) is 2.65. The van der Waals surface area contributed by atoms with E-state index in [4.69, 9.17) is 0 Å². The van der Waals surface area contributed by atoms with Gasteiger partial charge in [-0.15, -0.1) is 0 Å². The van der Waals surface area contributed by atoms with Crippen LogP contribution in [-0.4, -0.2) is 33.1 Å². The van der Waals surface area contributed by atoms with Gasteiger partial charge in [0.2, 0.25) is 18.1 Å². The monoisotopic (exact) mass is 368 g/mol. The number of Topliss-reactive ketones (excluding diaryl/α,β-unsaturated/α-hetero) is 2. The average molecular weight is 368 g/mol. The zero-order chi connectivity index (χ0) is 19.7. The van der Waals surface area contributed by atoms with Crippen LogP contribution in [0.1, 0.15) is 27.4 Å². The number of benzene rings is 2. The predicted octanol–water partition coefficient (Wildman–Crippen LogP) is 2.69. The van der Waals surface area contributed by atoms with Gasteiger partial charge in [0.05, 0.1) is 16.4 Å². The first kappa shape index (κ1) is 17.9. The molecule has 0 fully saturated rings. The molecule has 0 saturated heterocycles. The van der Waals surface area contributed by atoms with Crippen LogP contribution in [-0.2, 0) is 4.79 Å². The molecule has 0 saturated carbocycles. The number of aliphatic hydroxyl groups is 1. The second-order valence-corrected chi connectivity index (χ2v) is 5.85. The van der Waals surface area contributed by atoms with Gasteiger partial charge in [0.1, 0.15) is 5.76 Å². The first-order valence-electron chi connectivity index (χ1n) is 7.79. The maximum Gasteiger partial charge on any atom is 0.273 e. The van der Waals surface area contributed by atoms with Crippen molar-refractivity contribution in [2.45, 2.75) is 5.92 Å². The van der Waals surface area contributed by atoms with Crippen molar-refractivity contribution in [3.05, 3.63) is 91.0 Å². The summed E-state index contributed by atoms with van der Waals surface area (Å²) in [5.41, 5.74) is -1.04. The number of carbonyl (C=O) groups is 2. The fourth-order valence-electron chi connectivity index (χ4n) is 3.15. The van der Waals surface area contributed by atoms with Gasteiger partial charge < -0.3 is 5.11 Å². The number of fused-ring (bicyclic) bond motifs is 1. The quantitative estimate of drug-likeness (QED) is 0.486. The molecule has 1 N–H and O–H groups in total. The zero-order valence-corrected chi connectivity index (χ0v) is 13.7. The number of hydrogen-bond acceptors (Lipinski definition) is 7. The minimum atomic E-state index is -1.45. The number of nitro benzene ring substituents is 1. The summed E-state index contributed by atoms with van der Waals surface area (Å²) in [7, 11) is 0. The van der Waals surface area contributed by atoms with Crippen molar-refractivity contribution in [3.63, 3.8) is 0 Å². The normalized spacial score (nSPS) is 14.7. The van der Waals surface area contributed by atoms with E-state index in [1.54, 1.807) is 0 Å². The Morgan fingerprint density at radius 1 is 0.889 bits per heavy atom. The first-order chi connectivity index (χ1) is 12.8. The standard InChI is InChI=1S/C18H12N2O7/c21-16-11-6-1-2-7-12(11)17(22)18(23)15(16)13(9-19(24)25)10-5-3-4-8-14(10)20(26)27/h1-8,13,21H,9H2. The molecule has 0 aliphatic heterocycles. The lowest BCUT2D eigenvalue weighted by Gasteiger charge is -2.22.